The summed E-state index contributed by atoms with van der Waals surface area (Å²) in [6.45, 7) is 2.06. The zero-order chi connectivity index (χ0) is 36.7. The summed E-state index contributed by atoms with van der Waals surface area (Å²) in [5, 5.41) is 11.4. The number of nitrogens with two attached hydrogens (primary N) is 2. The molecule has 5 N–H and O–H groups in total. The third-order valence-corrected chi connectivity index (χ3v) is 7.79. The van der Waals surface area contributed by atoms with Crippen molar-refractivity contribution >= 4 is 41.0 Å². The first-order valence-electron chi connectivity index (χ1n) is 15.2. The fraction of sp³-hybridized carbons (Fsp3) is 0.400. The molecular weight excluding hydrogens is 708 g/mol. The van der Waals surface area contributed by atoms with E-state index in [1.54, 1.807) is 13.8 Å². The second kappa shape index (κ2) is 16.3. The van der Waals surface area contributed by atoms with Crippen LogP contribution in [-0.4, -0.2) is 76.7 Å². The quantitative estimate of drug-likeness (QED) is 0.120. The smallest absolute Gasteiger partial charge is 0.427 e. The first-order valence-corrected chi connectivity index (χ1v) is 15.9. The maximum absolute atomic E-state index is 14.2. The van der Waals surface area contributed by atoms with Crippen LogP contribution in [0.2, 0.25) is 10.0 Å². The van der Waals surface area contributed by atoms with Crippen molar-refractivity contribution in [3.05, 3.63) is 74.8 Å². The lowest BCUT2D eigenvalue weighted by Crippen LogP contribution is -2.44. The maximum atomic E-state index is 14.2. The number of halogens is 5. The fourth-order valence-electron chi connectivity index (χ4n) is 4.53. The number of esters is 1. The summed E-state index contributed by atoms with van der Waals surface area (Å²) in [5.41, 5.74) is 10.4. The summed E-state index contributed by atoms with van der Waals surface area (Å²) >= 11 is 12.2. The number of nitrogens with one attached hydrogen (secondary N) is 1. The van der Waals surface area contributed by atoms with Crippen LogP contribution in [0.3, 0.4) is 0 Å². The number of primary amides is 1. The molecule has 1 aromatic carbocycles. The number of hydrogen-bond donors (Lipinski definition) is 3. The zero-order valence-electron chi connectivity index (χ0n) is 26.7. The highest BCUT2D eigenvalue weighted by Crippen LogP contribution is 2.27. The lowest BCUT2D eigenvalue weighted by Gasteiger charge is -2.21. The molecule has 0 saturated heterocycles. The van der Waals surface area contributed by atoms with E-state index in [1.165, 1.54) is 42.6 Å². The Kier molecular flexibility index (Phi) is 12.4. The van der Waals surface area contributed by atoms with Gasteiger partial charge in [-0.2, -0.15) is 17.9 Å². The van der Waals surface area contributed by atoms with Crippen LogP contribution in [0.15, 0.2) is 47.4 Å². The Labute approximate surface area is 292 Å². The second-order valence-electron chi connectivity index (χ2n) is 11.4. The number of aromatic nitrogens is 7. The molecule has 2 atom stereocenters. The number of unbranched alkanes of at least 4 members (excludes halogenated alkanes) is 1. The van der Waals surface area contributed by atoms with Crippen molar-refractivity contribution in [2.75, 3.05) is 6.54 Å². The van der Waals surface area contributed by atoms with Crippen LogP contribution in [0.5, 0.6) is 0 Å². The first-order chi connectivity index (χ1) is 23.6. The Bertz CT molecular complexity index is 1890. The average Bonchev–Trinajstić information content (AvgIpc) is 3.61. The molecule has 0 fully saturated rings. The molecule has 0 aliphatic rings. The third kappa shape index (κ3) is 9.45. The molecule has 3 aromatic heterocycles. The van der Waals surface area contributed by atoms with E-state index in [4.69, 9.17) is 39.4 Å². The van der Waals surface area contributed by atoms with E-state index < -0.39 is 49.0 Å². The molecule has 2 amide bonds. The van der Waals surface area contributed by atoms with E-state index in [9.17, 15) is 32.3 Å². The number of pyridine rings is 1. The lowest BCUT2D eigenvalue weighted by atomic mass is 10.1. The normalized spacial score (nSPS) is 12.9. The van der Waals surface area contributed by atoms with Crippen molar-refractivity contribution in [2.24, 2.45) is 17.4 Å². The van der Waals surface area contributed by atoms with Crippen LogP contribution in [0.25, 0.3) is 17.2 Å². The van der Waals surface area contributed by atoms with Gasteiger partial charge in [-0.15, -0.1) is 10.2 Å². The van der Waals surface area contributed by atoms with E-state index in [2.05, 4.69) is 25.5 Å². The molecule has 0 spiro atoms. The molecule has 0 saturated carbocycles. The van der Waals surface area contributed by atoms with Crippen LogP contribution in [0, 0.1) is 5.92 Å². The molecule has 0 unspecified atom stereocenters. The topological polar surface area (TPSA) is 208 Å². The van der Waals surface area contributed by atoms with Crippen LogP contribution in [-0.2, 0) is 27.4 Å². The van der Waals surface area contributed by atoms with Crippen molar-refractivity contribution in [3.63, 3.8) is 0 Å². The Balaban J connectivity index is 1.58. The first kappa shape index (κ1) is 38.0. The van der Waals surface area contributed by atoms with Crippen molar-refractivity contribution in [1.82, 2.24) is 39.4 Å². The van der Waals surface area contributed by atoms with Gasteiger partial charge in [0.25, 0.3) is 5.91 Å². The van der Waals surface area contributed by atoms with Gasteiger partial charge in [0.1, 0.15) is 6.54 Å². The highest BCUT2D eigenvalue weighted by Gasteiger charge is 2.44. The monoisotopic (exact) mass is 740 g/mol. The van der Waals surface area contributed by atoms with E-state index in [1.807, 2.05) is 0 Å². The van der Waals surface area contributed by atoms with Crippen molar-refractivity contribution in [1.29, 1.82) is 0 Å². The average molecular weight is 742 g/mol. The van der Waals surface area contributed by atoms with Gasteiger partial charge in [0.15, 0.2) is 17.5 Å². The van der Waals surface area contributed by atoms with Gasteiger partial charge in [-0.1, -0.05) is 37.0 Å². The molecule has 0 bridgehead atoms. The number of nitrogens with zero attached hydrogens (tertiary/aromatic N) is 7. The summed E-state index contributed by atoms with van der Waals surface area (Å²) < 4.78 is 50.0. The Morgan fingerprint density at radius 2 is 1.76 bits per heavy atom. The van der Waals surface area contributed by atoms with Crippen LogP contribution in [0.1, 0.15) is 49.6 Å². The molecule has 4 rings (SSSR count). The van der Waals surface area contributed by atoms with Crippen LogP contribution in [0.4, 0.5) is 13.2 Å². The standard InChI is InChI=1S/C30H33Cl2F3N10O5/c1-16(2)23(36)28(48)39-12-4-3-7-22(46)50-20(30(33,34)35)14-43-25(17-8-10-18(31)11-9-17)42-44(29(43)49)15-21-40-27(24(37)47)45(41-21)26-19(32)6-5-13-38-26/h5-6,8-11,13,16,20,23H,3-4,7,12,14-15,36H2,1-2H3,(H2,37,47)(H,39,48)/t20-,23-/m0/s1. The van der Waals surface area contributed by atoms with Crippen molar-refractivity contribution in [2.45, 2.75) is 64.5 Å². The minimum Gasteiger partial charge on any atom is -0.451 e. The Hall–Kier alpha value is -4.81. The number of carbonyl (C=O) groups is 3. The summed E-state index contributed by atoms with van der Waals surface area (Å²) in [7, 11) is 0. The van der Waals surface area contributed by atoms with Gasteiger partial charge in [0.2, 0.25) is 17.8 Å². The van der Waals surface area contributed by atoms with Crippen molar-refractivity contribution < 1.29 is 32.3 Å². The zero-order valence-corrected chi connectivity index (χ0v) is 28.2. The number of benzene rings is 1. The van der Waals surface area contributed by atoms with E-state index in [0.717, 1.165) is 9.36 Å². The van der Waals surface area contributed by atoms with Gasteiger partial charge < -0.3 is 21.5 Å². The van der Waals surface area contributed by atoms with Gasteiger partial charge in [-0.3, -0.25) is 19.0 Å². The highest BCUT2D eigenvalue weighted by molar-refractivity contribution is 6.32. The van der Waals surface area contributed by atoms with Crippen LogP contribution < -0.4 is 22.5 Å². The van der Waals surface area contributed by atoms with Gasteiger partial charge in [0, 0.05) is 29.7 Å². The molecule has 3 heterocycles. The van der Waals surface area contributed by atoms with Crippen molar-refractivity contribution in [3.8, 4) is 17.2 Å². The molecule has 4 aromatic rings. The molecule has 15 nitrogen and oxygen atoms in total. The largest absolute Gasteiger partial charge is 0.451 e. The summed E-state index contributed by atoms with van der Waals surface area (Å²) in [6.07, 6.45) is -6.41. The number of alkyl halides is 3. The number of carbonyl (C=O) groups excluding carboxylic acids is 3. The van der Waals surface area contributed by atoms with Crippen LogP contribution >= 0.6 is 23.2 Å². The van der Waals surface area contributed by atoms with E-state index >= 15 is 0 Å². The maximum Gasteiger partial charge on any atom is 0.427 e. The predicted octanol–water partition coefficient (Wildman–Crippen LogP) is 2.89. The molecule has 0 aliphatic heterocycles. The number of ether oxygens (including phenoxy) is 1. The number of hydrogen-bond acceptors (Lipinski definition) is 10. The lowest BCUT2D eigenvalue weighted by molar-refractivity contribution is -0.224. The molecular formula is C30H33Cl2F3N10O5. The van der Waals surface area contributed by atoms with Gasteiger partial charge in [-0.05, 0) is 55.2 Å². The summed E-state index contributed by atoms with van der Waals surface area (Å²) in [4.78, 5) is 58.4. The van der Waals surface area contributed by atoms with E-state index in [0.29, 0.717) is 9.59 Å². The Morgan fingerprint density at radius 1 is 1.06 bits per heavy atom. The summed E-state index contributed by atoms with van der Waals surface area (Å²) in [5.74, 6) is -3.38. The number of rotatable bonds is 15. The second-order valence-corrected chi connectivity index (χ2v) is 12.2. The molecule has 268 valence electrons. The number of amides is 2. The van der Waals surface area contributed by atoms with Gasteiger partial charge in [0.05, 0.1) is 17.6 Å². The minimum absolute atomic E-state index is 0.0105. The minimum atomic E-state index is -5.08. The predicted molar refractivity (Wildman–Crippen MR) is 174 cm³/mol. The summed E-state index contributed by atoms with van der Waals surface area (Å²) in [6, 6.07) is 8.07. The van der Waals surface area contributed by atoms with Gasteiger partial charge >= 0.3 is 17.8 Å². The molecule has 50 heavy (non-hydrogen) atoms. The van der Waals surface area contributed by atoms with E-state index in [-0.39, 0.29) is 71.5 Å². The molecule has 0 aliphatic carbocycles. The Morgan fingerprint density at radius 3 is 2.38 bits per heavy atom. The SMILES string of the molecule is CC(C)[C@H](N)C(=O)NCCCCC(=O)O[C@@H](Cn1c(-c2ccc(Cl)cc2)nn(Cc2nc(C(N)=O)n(-c3ncccc3Cl)n2)c1=O)C(F)(F)F. The highest BCUT2D eigenvalue weighted by atomic mass is 35.5. The molecule has 0 radical (unpaired) electrons. The van der Waals surface area contributed by atoms with Gasteiger partial charge in [-0.25, -0.2) is 19.4 Å². The third-order valence-electron chi connectivity index (χ3n) is 7.24. The molecule has 20 heteroatoms. The fourth-order valence-corrected chi connectivity index (χ4v) is 4.86.